The van der Waals surface area contributed by atoms with E-state index in [4.69, 9.17) is 10.6 Å². The van der Waals surface area contributed by atoms with Crippen molar-refractivity contribution in [2.24, 2.45) is 5.84 Å². The molecule has 7 nitrogen and oxygen atoms in total. The van der Waals surface area contributed by atoms with Crippen LogP contribution < -0.4 is 21.3 Å². The Morgan fingerprint density at radius 1 is 1.20 bits per heavy atom. The quantitative estimate of drug-likeness (QED) is 0.448. The van der Waals surface area contributed by atoms with Gasteiger partial charge in [-0.05, 0) is 51.5 Å². The van der Waals surface area contributed by atoms with Gasteiger partial charge in [0.1, 0.15) is 18.5 Å². The number of hydrazine groups is 1. The first-order valence-corrected chi connectivity index (χ1v) is 8.26. The minimum absolute atomic E-state index is 0.0416. The van der Waals surface area contributed by atoms with E-state index >= 15 is 0 Å². The van der Waals surface area contributed by atoms with Crippen molar-refractivity contribution >= 4 is 5.82 Å². The average molecular weight is 345 g/mol. The van der Waals surface area contributed by atoms with Crippen molar-refractivity contribution in [1.29, 1.82) is 0 Å². The van der Waals surface area contributed by atoms with Crippen molar-refractivity contribution in [3.63, 3.8) is 0 Å². The predicted octanol–water partition coefficient (Wildman–Crippen LogP) is 1.87. The number of hydrogen-bond donors (Lipinski definition) is 4. The Hall–Kier alpha value is -2.22. The second-order valence-electron chi connectivity index (χ2n) is 7.02. The van der Waals surface area contributed by atoms with E-state index in [2.05, 4.69) is 41.7 Å². The summed E-state index contributed by atoms with van der Waals surface area (Å²) in [6.45, 7) is 8.82. The zero-order valence-corrected chi connectivity index (χ0v) is 15.2. The number of aryl methyl sites for hydroxylation is 1. The molecule has 0 amide bonds. The summed E-state index contributed by atoms with van der Waals surface area (Å²) in [5.74, 6) is 6.52. The second kappa shape index (κ2) is 8.24. The number of nitrogens with zero attached hydrogens (tertiary/aromatic N) is 2. The number of aliphatic hydroxyl groups excluding tert-OH is 1. The Morgan fingerprint density at radius 3 is 2.56 bits per heavy atom. The van der Waals surface area contributed by atoms with Crippen LogP contribution in [0, 0.1) is 6.92 Å². The molecule has 1 aromatic heterocycles. The maximum atomic E-state index is 10.1. The van der Waals surface area contributed by atoms with Crippen LogP contribution in [0.15, 0.2) is 30.3 Å². The smallest absolute Gasteiger partial charge is 0.162 e. The number of ether oxygens (including phenoxy) is 1. The van der Waals surface area contributed by atoms with Crippen LogP contribution in [-0.2, 0) is 0 Å². The molecular weight excluding hydrogens is 318 g/mol. The van der Waals surface area contributed by atoms with E-state index in [1.165, 1.54) is 0 Å². The standard InChI is InChI=1S/C18H27N5O2/c1-12-5-6-13(15-7-8-17(21-19)23-22-15)9-16(12)25-11-14(24)10-20-18(2,3)4/h5-9,14,20,24H,10-11,19H2,1-4H3,(H,21,23). The molecule has 2 aromatic rings. The minimum atomic E-state index is -0.586. The van der Waals surface area contributed by atoms with Gasteiger partial charge < -0.3 is 20.6 Å². The summed E-state index contributed by atoms with van der Waals surface area (Å²) in [5, 5.41) is 21.4. The lowest BCUT2D eigenvalue weighted by molar-refractivity contribution is 0.0997. The van der Waals surface area contributed by atoms with Gasteiger partial charge in [-0.3, -0.25) is 0 Å². The van der Waals surface area contributed by atoms with Crippen LogP contribution in [0.1, 0.15) is 26.3 Å². The molecule has 0 saturated carbocycles. The van der Waals surface area contributed by atoms with Crippen molar-refractivity contribution in [1.82, 2.24) is 15.5 Å². The third kappa shape index (κ3) is 5.97. The highest BCUT2D eigenvalue weighted by molar-refractivity contribution is 5.62. The Morgan fingerprint density at radius 2 is 1.96 bits per heavy atom. The van der Waals surface area contributed by atoms with Crippen molar-refractivity contribution in [2.45, 2.75) is 39.3 Å². The summed E-state index contributed by atoms with van der Waals surface area (Å²) >= 11 is 0. The molecule has 0 fully saturated rings. The number of hydrogen-bond acceptors (Lipinski definition) is 7. The lowest BCUT2D eigenvalue weighted by atomic mass is 10.1. The molecule has 0 aliphatic rings. The number of anilines is 1. The summed E-state index contributed by atoms with van der Waals surface area (Å²) in [5.41, 5.74) is 5.01. The topological polar surface area (TPSA) is 105 Å². The Kier molecular flexibility index (Phi) is 6.30. The van der Waals surface area contributed by atoms with Crippen LogP contribution in [0.4, 0.5) is 5.82 Å². The molecule has 25 heavy (non-hydrogen) atoms. The van der Waals surface area contributed by atoms with E-state index in [1.807, 2.05) is 31.2 Å². The molecule has 0 saturated heterocycles. The summed E-state index contributed by atoms with van der Waals surface area (Å²) in [6, 6.07) is 9.41. The molecule has 2 rings (SSSR count). The number of nitrogens with one attached hydrogen (secondary N) is 2. The van der Waals surface area contributed by atoms with Gasteiger partial charge in [-0.25, -0.2) is 5.84 Å². The monoisotopic (exact) mass is 345 g/mol. The van der Waals surface area contributed by atoms with Gasteiger partial charge in [0.15, 0.2) is 5.82 Å². The molecule has 1 atom stereocenters. The number of benzene rings is 1. The minimum Gasteiger partial charge on any atom is -0.491 e. The maximum absolute atomic E-state index is 10.1. The normalized spacial score (nSPS) is 12.7. The summed E-state index contributed by atoms with van der Waals surface area (Å²) in [6.07, 6.45) is -0.586. The third-order valence-electron chi connectivity index (χ3n) is 3.60. The van der Waals surface area contributed by atoms with E-state index in [0.29, 0.717) is 12.4 Å². The van der Waals surface area contributed by atoms with Crippen LogP contribution in [0.3, 0.4) is 0 Å². The van der Waals surface area contributed by atoms with Gasteiger partial charge >= 0.3 is 0 Å². The second-order valence-corrected chi connectivity index (χ2v) is 7.02. The molecule has 0 radical (unpaired) electrons. The Balaban J connectivity index is 2.03. The molecule has 0 spiro atoms. The van der Waals surface area contributed by atoms with Gasteiger partial charge in [0.2, 0.25) is 0 Å². The molecule has 0 aliphatic carbocycles. The van der Waals surface area contributed by atoms with Crippen LogP contribution in [0.2, 0.25) is 0 Å². The van der Waals surface area contributed by atoms with Crippen LogP contribution >= 0.6 is 0 Å². The molecule has 1 aromatic carbocycles. The molecular formula is C18H27N5O2. The largest absolute Gasteiger partial charge is 0.491 e. The van der Waals surface area contributed by atoms with E-state index in [1.54, 1.807) is 6.07 Å². The summed E-state index contributed by atoms with van der Waals surface area (Å²) in [4.78, 5) is 0. The van der Waals surface area contributed by atoms with Crippen molar-refractivity contribution < 1.29 is 9.84 Å². The van der Waals surface area contributed by atoms with Crippen LogP contribution in [0.25, 0.3) is 11.3 Å². The fourth-order valence-corrected chi connectivity index (χ4v) is 2.15. The molecule has 7 heteroatoms. The van der Waals surface area contributed by atoms with Crippen LogP contribution in [0.5, 0.6) is 5.75 Å². The van der Waals surface area contributed by atoms with Crippen molar-refractivity contribution in [3.8, 4) is 17.0 Å². The van der Waals surface area contributed by atoms with Crippen molar-refractivity contribution in [3.05, 3.63) is 35.9 Å². The maximum Gasteiger partial charge on any atom is 0.162 e. The average Bonchev–Trinajstić information content (AvgIpc) is 2.59. The fourth-order valence-electron chi connectivity index (χ4n) is 2.15. The first-order chi connectivity index (χ1) is 11.8. The Bertz CT molecular complexity index is 683. The number of nitrogen functional groups attached to an aromatic ring is 1. The molecule has 0 aliphatic heterocycles. The first-order valence-electron chi connectivity index (χ1n) is 8.26. The number of rotatable bonds is 7. The van der Waals surface area contributed by atoms with E-state index < -0.39 is 6.10 Å². The predicted molar refractivity (Wildman–Crippen MR) is 99.3 cm³/mol. The highest BCUT2D eigenvalue weighted by Gasteiger charge is 2.13. The molecule has 0 bridgehead atoms. The van der Waals surface area contributed by atoms with Gasteiger partial charge in [-0.15, -0.1) is 10.2 Å². The van der Waals surface area contributed by atoms with Crippen molar-refractivity contribution in [2.75, 3.05) is 18.6 Å². The number of aliphatic hydroxyl groups is 1. The van der Waals surface area contributed by atoms with Gasteiger partial charge in [-0.2, -0.15) is 0 Å². The molecule has 1 heterocycles. The highest BCUT2D eigenvalue weighted by atomic mass is 16.5. The zero-order chi connectivity index (χ0) is 18.4. The van der Waals surface area contributed by atoms with Gasteiger partial charge in [0.05, 0.1) is 5.69 Å². The summed E-state index contributed by atoms with van der Waals surface area (Å²) in [7, 11) is 0. The van der Waals surface area contributed by atoms with Gasteiger partial charge in [0.25, 0.3) is 0 Å². The SMILES string of the molecule is Cc1ccc(-c2ccc(NN)nn2)cc1OCC(O)CNC(C)(C)C. The highest BCUT2D eigenvalue weighted by Crippen LogP contribution is 2.26. The lowest BCUT2D eigenvalue weighted by Gasteiger charge is -2.23. The molecule has 5 N–H and O–H groups in total. The molecule has 136 valence electrons. The van der Waals surface area contributed by atoms with E-state index in [9.17, 15) is 5.11 Å². The Labute approximate surface area is 148 Å². The van der Waals surface area contributed by atoms with Crippen LogP contribution in [-0.4, -0.2) is 40.1 Å². The number of nitrogens with two attached hydrogens (primary N) is 1. The van der Waals surface area contributed by atoms with E-state index in [-0.39, 0.29) is 12.1 Å². The molecule has 1 unspecified atom stereocenters. The van der Waals surface area contributed by atoms with Gasteiger partial charge in [0, 0.05) is 17.6 Å². The van der Waals surface area contributed by atoms with E-state index in [0.717, 1.165) is 22.6 Å². The summed E-state index contributed by atoms with van der Waals surface area (Å²) < 4.78 is 5.80. The number of aromatic nitrogens is 2. The first kappa shape index (κ1) is 19.1. The third-order valence-corrected chi connectivity index (χ3v) is 3.60. The van der Waals surface area contributed by atoms with Gasteiger partial charge in [-0.1, -0.05) is 12.1 Å². The number of β-amino-alcohol motifs (C(OH)–C–C–N with tert-alkyl or cyclic N) is 1. The zero-order valence-electron chi connectivity index (χ0n) is 15.2. The fraction of sp³-hybridized carbons (Fsp3) is 0.444. The lowest BCUT2D eigenvalue weighted by Crippen LogP contribution is -2.42.